The SMILES string of the molecule is CNC(=O)c1cc(Cl)cc(C)c1NC(=O)c1ccc(Cl)n1-c1ccccn1. The second kappa shape index (κ2) is 7.82. The smallest absolute Gasteiger partial charge is 0.272 e. The van der Waals surface area contributed by atoms with Crippen LogP contribution in [-0.4, -0.2) is 28.4 Å². The predicted octanol–water partition coefficient (Wildman–Crippen LogP) is 4.10. The Morgan fingerprint density at radius 3 is 2.52 bits per heavy atom. The number of anilines is 1. The number of aryl methyl sites for hydroxylation is 1. The minimum atomic E-state index is -0.428. The van der Waals surface area contributed by atoms with E-state index in [2.05, 4.69) is 15.6 Å². The van der Waals surface area contributed by atoms with Crippen molar-refractivity contribution in [2.45, 2.75) is 6.92 Å². The fraction of sp³-hybridized carbons (Fsp3) is 0.105. The molecule has 1 aromatic carbocycles. The molecule has 0 atom stereocenters. The molecule has 0 saturated carbocycles. The molecule has 0 fully saturated rings. The predicted molar refractivity (Wildman–Crippen MR) is 106 cm³/mol. The van der Waals surface area contributed by atoms with Gasteiger partial charge in [0.25, 0.3) is 11.8 Å². The molecule has 2 amide bonds. The van der Waals surface area contributed by atoms with E-state index < -0.39 is 5.91 Å². The molecule has 2 N–H and O–H groups in total. The van der Waals surface area contributed by atoms with Crippen LogP contribution in [-0.2, 0) is 0 Å². The van der Waals surface area contributed by atoms with Gasteiger partial charge in [0, 0.05) is 18.3 Å². The lowest BCUT2D eigenvalue weighted by atomic mass is 10.1. The van der Waals surface area contributed by atoms with Crippen molar-refractivity contribution in [1.29, 1.82) is 0 Å². The number of rotatable bonds is 4. The van der Waals surface area contributed by atoms with E-state index in [1.165, 1.54) is 17.7 Å². The van der Waals surface area contributed by atoms with Gasteiger partial charge in [-0.05, 0) is 48.9 Å². The number of nitrogens with zero attached hydrogens (tertiary/aromatic N) is 2. The topological polar surface area (TPSA) is 76.0 Å². The van der Waals surface area contributed by atoms with Gasteiger partial charge in [-0.15, -0.1) is 0 Å². The van der Waals surface area contributed by atoms with Gasteiger partial charge in [-0.3, -0.25) is 14.2 Å². The second-order valence-electron chi connectivity index (χ2n) is 5.74. The summed E-state index contributed by atoms with van der Waals surface area (Å²) in [7, 11) is 1.51. The zero-order chi connectivity index (χ0) is 19.6. The van der Waals surface area contributed by atoms with E-state index >= 15 is 0 Å². The first-order chi connectivity index (χ1) is 12.9. The van der Waals surface area contributed by atoms with E-state index in [4.69, 9.17) is 23.2 Å². The van der Waals surface area contributed by atoms with Gasteiger partial charge in [-0.25, -0.2) is 4.98 Å². The average Bonchev–Trinajstić information content (AvgIpc) is 3.05. The fourth-order valence-electron chi connectivity index (χ4n) is 2.71. The van der Waals surface area contributed by atoms with E-state index in [0.29, 0.717) is 27.2 Å². The third-order valence-corrected chi connectivity index (χ3v) is 4.47. The molecule has 3 aromatic rings. The number of hydrogen-bond donors (Lipinski definition) is 2. The van der Waals surface area contributed by atoms with Crippen LogP contribution in [0.15, 0.2) is 48.7 Å². The molecular weight excluding hydrogens is 387 g/mol. The molecule has 0 aliphatic rings. The van der Waals surface area contributed by atoms with E-state index in [1.54, 1.807) is 49.5 Å². The standard InChI is InChI=1S/C19H16Cl2N4O2/c1-11-9-12(20)10-13(18(26)22-2)17(11)24-19(27)14-6-7-15(21)25(14)16-5-3-4-8-23-16/h3-10H,1-2H3,(H,22,26)(H,24,27). The Labute approximate surface area is 166 Å². The van der Waals surface area contributed by atoms with Crippen molar-refractivity contribution in [1.82, 2.24) is 14.9 Å². The van der Waals surface area contributed by atoms with E-state index in [9.17, 15) is 9.59 Å². The second-order valence-corrected chi connectivity index (χ2v) is 6.57. The monoisotopic (exact) mass is 402 g/mol. The molecule has 2 aromatic heterocycles. The van der Waals surface area contributed by atoms with E-state index in [-0.39, 0.29) is 17.2 Å². The molecule has 0 unspecified atom stereocenters. The number of aromatic nitrogens is 2. The third-order valence-electron chi connectivity index (χ3n) is 3.95. The summed E-state index contributed by atoms with van der Waals surface area (Å²) in [5.74, 6) is -0.269. The molecule has 2 heterocycles. The lowest BCUT2D eigenvalue weighted by Crippen LogP contribution is -2.23. The Morgan fingerprint density at radius 2 is 1.85 bits per heavy atom. The first-order valence-corrected chi connectivity index (χ1v) is 8.80. The molecular formula is C19H16Cl2N4O2. The van der Waals surface area contributed by atoms with Crippen LogP contribution in [0.4, 0.5) is 5.69 Å². The first-order valence-electron chi connectivity index (χ1n) is 8.04. The number of hydrogen-bond acceptors (Lipinski definition) is 3. The first kappa shape index (κ1) is 18.9. The highest BCUT2D eigenvalue weighted by atomic mass is 35.5. The molecule has 27 heavy (non-hydrogen) atoms. The van der Waals surface area contributed by atoms with E-state index in [1.807, 2.05) is 0 Å². The van der Waals surface area contributed by atoms with Crippen molar-refractivity contribution in [2.24, 2.45) is 0 Å². The minimum absolute atomic E-state index is 0.276. The highest BCUT2D eigenvalue weighted by Gasteiger charge is 2.20. The van der Waals surface area contributed by atoms with Crippen LogP contribution in [0, 0.1) is 6.92 Å². The largest absolute Gasteiger partial charge is 0.355 e. The van der Waals surface area contributed by atoms with Crippen molar-refractivity contribution >= 4 is 40.7 Å². The van der Waals surface area contributed by atoms with Crippen molar-refractivity contribution in [3.8, 4) is 5.82 Å². The zero-order valence-electron chi connectivity index (χ0n) is 14.6. The maximum absolute atomic E-state index is 12.9. The van der Waals surface area contributed by atoms with Gasteiger partial charge in [-0.1, -0.05) is 29.3 Å². The number of carbonyl (C=O) groups excluding carboxylic acids is 2. The number of benzene rings is 1. The summed E-state index contributed by atoms with van der Waals surface area (Å²) in [6, 6.07) is 11.7. The Balaban J connectivity index is 2.02. The maximum Gasteiger partial charge on any atom is 0.272 e. The highest BCUT2D eigenvalue weighted by Crippen LogP contribution is 2.27. The van der Waals surface area contributed by atoms with Crippen molar-refractivity contribution in [3.63, 3.8) is 0 Å². The van der Waals surface area contributed by atoms with Crippen LogP contribution >= 0.6 is 23.2 Å². The molecule has 0 spiro atoms. The summed E-state index contributed by atoms with van der Waals surface area (Å²) in [4.78, 5) is 29.4. The molecule has 0 aliphatic carbocycles. The Kier molecular flexibility index (Phi) is 5.48. The molecule has 3 rings (SSSR count). The number of nitrogens with one attached hydrogen (secondary N) is 2. The summed E-state index contributed by atoms with van der Waals surface area (Å²) in [5, 5.41) is 6.09. The summed E-state index contributed by atoms with van der Waals surface area (Å²) in [5.41, 5.74) is 1.61. The molecule has 138 valence electrons. The molecule has 8 heteroatoms. The normalized spacial score (nSPS) is 10.5. The quantitative estimate of drug-likeness (QED) is 0.689. The van der Waals surface area contributed by atoms with Gasteiger partial charge in [0.15, 0.2) is 0 Å². The van der Waals surface area contributed by atoms with Crippen molar-refractivity contribution < 1.29 is 9.59 Å². The van der Waals surface area contributed by atoms with Gasteiger partial charge < -0.3 is 10.6 Å². The summed E-state index contributed by atoms with van der Waals surface area (Å²) < 4.78 is 1.53. The number of amides is 2. The van der Waals surface area contributed by atoms with Gasteiger partial charge >= 0.3 is 0 Å². The zero-order valence-corrected chi connectivity index (χ0v) is 16.1. The van der Waals surface area contributed by atoms with Crippen molar-refractivity contribution in [2.75, 3.05) is 12.4 Å². The van der Waals surface area contributed by atoms with Gasteiger partial charge in [0.1, 0.15) is 16.7 Å². The maximum atomic E-state index is 12.9. The van der Waals surface area contributed by atoms with E-state index in [0.717, 1.165) is 0 Å². The van der Waals surface area contributed by atoms with Crippen LogP contribution < -0.4 is 10.6 Å². The third kappa shape index (κ3) is 3.82. The lowest BCUT2D eigenvalue weighted by molar-refractivity contribution is 0.0964. The van der Waals surface area contributed by atoms with Crippen LogP contribution in [0.3, 0.4) is 0 Å². The van der Waals surface area contributed by atoms with Crippen LogP contribution in [0.25, 0.3) is 5.82 Å². The minimum Gasteiger partial charge on any atom is -0.355 e. The highest BCUT2D eigenvalue weighted by molar-refractivity contribution is 6.31. The summed E-state index contributed by atoms with van der Waals surface area (Å²) >= 11 is 12.3. The fourth-order valence-corrected chi connectivity index (χ4v) is 3.22. The molecule has 0 saturated heterocycles. The molecule has 0 aliphatic heterocycles. The lowest BCUT2D eigenvalue weighted by Gasteiger charge is -2.15. The number of halogens is 2. The average molecular weight is 403 g/mol. The van der Waals surface area contributed by atoms with Gasteiger partial charge in [-0.2, -0.15) is 0 Å². The van der Waals surface area contributed by atoms with Crippen molar-refractivity contribution in [3.05, 3.63) is 75.7 Å². The van der Waals surface area contributed by atoms with Crippen LogP contribution in [0.5, 0.6) is 0 Å². The van der Waals surface area contributed by atoms with Crippen LogP contribution in [0.1, 0.15) is 26.4 Å². The Morgan fingerprint density at radius 1 is 1.07 bits per heavy atom. The molecule has 0 bridgehead atoms. The van der Waals surface area contributed by atoms with Gasteiger partial charge in [0.2, 0.25) is 0 Å². The van der Waals surface area contributed by atoms with Gasteiger partial charge in [0.05, 0.1) is 11.3 Å². The molecule has 0 radical (unpaired) electrons. The van der Waals surface area contributed by atoms with Crippen LogP contribution in [0.2, 0.25) is 10.2 Å². The number of pyridine rings is 1. The Hall–Kier alpha value is -2.83. The molecule has 6 nitrogen and oxygen atoms in total. The summed E-state index contributed by atoms with van der Waals surface area (Å²) in [6.45, 7) is 1.76. The summed E-state index contributed by atoms with van der Waals surface area (Å²) in [6.07, 6.45) is 1.61. The Bertz CT molecular complexity index is 1020. The number of carbonyl (C=O) groups is 2.